The van der Waals surface area contributed by atoms with E-state index in [9.17, 15) is 5.11 Å². The standard InChI is InChI=1S/C15H14N2O/c1-10-5-3-4-6-12(10)15-13-8-7-11(18)9-14(13)16-17(15)2/h3-9,18H,1-2H3. The van der Waals surface area contributed by atoms with Crippen LogP contribution in [0.1, 0.15) is 5.56 Å². The normalized spacial score (nSPS) is 11.0. The van der Waals surface area contributed by atoms with Gasteiger partial charge in [0.1, 0.15) is 5.75 Å². The molecule has 3 rings (SSSR count). The summed E-state index contributed by atoms with van der Waals surface area (Å²) in [5, 5.41) is 15.0. The van der Waals surface area contributed by atoms with Gasteiger partial charge in [-0.25, -0.2) is 0 Å². The van der Waals surface area contributed by atoms with Crippen LogP contribution in [0.2, 0.25) is 0 Å². The molecular formula is C15H14N2O. The van der Waals surface area contributed by atoms with Crippen LogP contribution in [0, 0.1) is 6.92 Å². The highest BCUT2D eigenvalue weighted by Crippen LogP contribution is 2.31. The van der Waals surface area contributed by atoms with Gasteiger partial charge in [-0.15, -0.1) is 0 Å². The van der Waals surface area contributed by atoms with Crippen molar-refractivity contribution in [1.29, 1.82) is 0 Å². The molecule has 0 spiro atoms. The second kappa shape index (κ2) is 3.88. The van der Waals surface area contributed by atoms with Crippen molar-refractivity contribution >= 4 is 10.9 Å². The summed E-state index contributed by atoms with van der Waals surface area (Å²) in [4.78, 5) is 0. The van der Waals surface area contributed by atoms with Crippen LogP contribution in [-0.2, 0) is 7.05 Å². The lowest BCUT2D eigenvalue weighted by Crippen LogP contribution is -1.94. The Kier molecular flexibility index (Phi) is 2.33. The molecule has 1 N–H and O–H groups in total. The summed E-state index contributed by atoms with van der Waals surface area (Å²) in [7, 11) is 1.93. The van der Waals surface area contributed by atoms with E-state index in [0.717, 1.165) is 16.6 Å². The molecule has 0 fully saturated rings. The zero-order valence-electron chi connectivity index (χ0n) is 10.4. The van der Waals surface area contributed by atoms with Gasteiger partial charge < -0.3 is 5.11 Å². The summed E-state index contributed by atoms with van der Waals surface area (Å²) < 4.78 is 1.87. The predicted molar refractivity (Wildman–Crippen MR) is 72.6 cm³/mol. The zero-order chi connectivity index (χ0) is 12.7. The fourth-order valence-electron chi connectivity index (χ4n) is 2.35. The molecule has 0 saturated carbocycles. The number of aryl methyl sites for hydroxylation is 2. The van der Waals surface area contributed by atoms with Crippen LogP contribution in [0.3, 0.4) is 0 Å². The molecule has 0 bridgehead atoms. The van der Waals surface area contributed by atoms with E-state index in [1.807, 2.05) is 29.9 Å². The van der Waals surface area contributed by atoms with Gasteiger partial charge in [-0.1, -0.05) is 24.3 Å². The van der Waals surface area contributed by atoms with E-state index in [0.29, 0.717) is 0 Å². The lowest BCUT2D eigenvalue weighted by atomic mass is 10.0. The monoisotopic (exact) mass is 238 g/mol. The van der Waals surface area contributed by atoms with E-state index in [1.54, 1.807) is 12.1 Å². The van der Waals surface area contributed by atoms with Gasteiger partial charge in [-0.2, -0.15) is 5.10 Å². The molecule has 0 radical (unpaired) electrons. The largest absolute Gasteiger partial charge is 0.508 e. The second-order valence-corrected chi connectivity index (χ2v) is 4.49. The topological polar surface area (TPSA) is 38.1 Å². The van der Waals surface area contributed by atoms with Crippen LogP contribution >= 0.6 is 0 Å². The lowest BCUT2D eigenvalue weighted by Gasteiger charge is -2.06. The number of hydrogen-bond donors (Lipinski definition) is 1. The minimum Gasteiger partial charge on any atom is -0.508 e. The maximum Gasteiger partial charge on any atom is 0.117 e. The summed E-state index contributed by atoms with van der Waals surface area (Å²) >= 11 is 0. The quantitative estimate of drug-likeness (QED) is 0.706. The molecule has 0 amide bonds. The van der Waals surface area contributed by atoms with E-state index >= 15 is 0 Å². The van der Waals surface area contributed by atoms with Crippen molar-refractivity contribution in [3.8, 4) is 17.0 Å². The molecule has 18 heavy (non-hydrogen) atoms. The summed E-state index contributed by atoms with van der Waals surface area (Å²) in [5.41, 5.74) is 4.29. The van der Waals surface area contributed by atoms with E-state index in [1.165, 1.54) is 11.1 Å². The molecule has 90 valence electrons. The smallest absolute Gasteiger partial charge is 0.117 e. The molecule has 0 saturated heterocycles. The maximum atomic E-state index is 9.51. The Morgan fingerprint density at radius 1 is 1.11 bits per heavy atom. The Bertz CT molecular complexity index is 728. The maximum absolute atomic E-state index is 9.51. The predicted octanol–water partition coefficient (Wildman–Crippen LogP) is 3.25. The number of rotatable bonds is 1. The van der Waals surface area contributed by atoms with Crippen molar-refractivity contribution in [3.63, 3.8) is 0 Å². The fourth-order valence-corrected chi connectivity index (χ4v) is 2.35. The van der Waals surface area contributed by atoms with Crippen molar-refractivity contribution in [3.05, 3.63) is 48.0 Å². The Labute approximate surface area is 105 Å². The van der Waals surface area contributed by atoms with Crippen LogP contribution in [-0.4, -0.2) is 14.9 Å². The first-order chi connectivity index (χ1) is 8.66. The minimum absolute atomic E-state index is 0.247. The van der Waals surface area contributed by atoms with Gasteiger partial charge in [-0.3, -0.25) is 4.68 Å². The van der Waals surface area contributed by atoms with E-state index in [4.69, 9.17) is 0 Å². The highest BCUT2D eigenvalue weighted by atomic mass is 16.3. The second-order valence-electron chi connectivity index (χ2n) is 4.49. The van der Waals surface area contributed by atoms with Gasteiger partial charge >= 0.3 is 0 Å². The molecule has 0 aliphatic carbocycles. The average molecular weight is 238 g/mol. The number of phenols is 1. The van der Waals surface area contributed by atoms with Gasteiger partial charge in [0, 0.05) is 24.1 Å². The van der Waals surface area contributed by atoms with Crippen LogP contribution in [0.4, 0.5) is 0 Å². The molecule has 3 heteroatoms. The van der Waals surface area contributed by atoms with E-state index in [2.05, 4.69) is 24.2 Å². The molecule has 3 nitrogen and oxygen atoms in total. The van der Waals surface area contributed by atoms with E-state index in [-0.39, 0.29) is 5.75 Å². The molecule has 0 aliphatic heterocycles. The molecule has 2 aromatic carbocycles. The Morgan fingerprint density at radius 2 is 1.89 bits per heavy atom. The van der Waals surface area contributed by atoms with Crippen LogP contribution in [0.25, 0.3) is 22.2 Å². The SMILES string of the molecule is Cc1ccccc1-c1c2ccc(O)cc2nn1C. The number of hydrogen-bond acceptors (Lipinski definition) is 2. The third-order valence-corrected chi connectivity index (χ3v) is 3.22. The molecule has 0 atom stereocenters. The van der Waals surface area contributed by atoms with Crippen molar-refractivity contribution in [2.24, 2.45) is 7.05 Å². The third kappa shape index (κ3) is 1.56. The molecule has 3 aromatic rings. The van der Waals surface area contributed by atoms with Gasteiger partial charge in [-0.05, 0) is 24.6 Å². The van der Waals surface area contributed by atoms with Crippen molar-refractivity contribution in [2.45, 2.75) is 6.92 Å². The Balaban J connectivity index is 2.36. The first kappa shape index (κ1) is 10.8. The van der Waals surface area contributed by atoms with E-state index < -0.39 is 0 Å². The minimum atomic E-state index is 0.247. The van der Waals surface area contributed by atoms with Crippen LogP contribution in [0.15, 0.2) is 42.5 Å². The molecule has 1 aromatic heterocycles. The van der Waals surface area contributed by atoms with Crippen molar-refractivity contribution < 1.29 is 5.11 Å². The number of nitrogens with zero attached hydrogens (tertiary/aromatic N) is 2. The Morgan fingerprint density at radius 3 is 2.67 bits per heavy atom. The molecule has 1 heterocycles. The zero-order valence-corrected chi connectivity index (χ0v) is 10.4. The molecular weight excluding hydrogens is 224 g/mol. The highest BCUT2D eigenvalue weighted by Gasteiger charge is 2.12. The van der Waals surface area contributed by atoms with Gasteiger partial charge in [0.15, 0.2) is 0 Å². The number of fused-ring (bicyclic) bond motifs is 1. The number of aromatic nitrogens is 2. The van der Waals surface area contributed by atoms with Gasteiger partial charge in [0.2, 0.25) is 0 Å². The Hall–Kier alpha value is -2.29. The van der Waals surface area contributed by atoms with Crippen LogP contribution < -0.4 is 0 Å². The molecule has 0 unspecified atom stereocenters. The molecule has 0 aliphatic rings. The highest BCUT2D eigenvalue weighted by molar-refractivity contribution is 5.94. The fraction of sp³-hybridized carbons (Fsp3) is 0.133. The van der Waals surface area contributed by atoms with Crippen molar-refractivity contribution in [1.82, 2.24) is 9.78 Å². The van der Waals surface area contributed by atoms with Gasteiger partial charge in [0.25, 0.3) is 0 Å². The van der Waals surface area contributed by atoms with Crippen LogP contribution in [0.5, 0.6) is 5.75 Å². The van der Waals surface area contributed by atoms with Gasteiger partial charge in [0.05, 0.1) is 11.2 Å². The van der Waals surface area contributed by atoms with Crippen molar-refractivity contribution in [2.75, 3.05) is 0 Å². The third-order valence-electron chi connectivity index (χ3n) is 3.22. The average Bonchev–Trinajstić information content (AvgIpc) is 2.65. The summed E-state index contributed by atoms with van der Waals surface area (Å²) in [6.45, 7) is 2.09. The number of benzene rings is 2. The number of phenolic OH excluding ortho intramolecular Hbond substituents is 1. The summed E-state index contributed by atoms with van der Waals surface area (Å²) in [6, 6.07) is 13.6. The summed E-state index contributed by atoms with van der Waals surface area (Å²) in [5.74, 6) is 0.247. The lowest BCUT2D eigenvalue weighted by molar-refractivity contribution is 0.476. The first-order valence-corrected chi connectivity index (χ1v) is 5.88. The number of aromatic hydroxyl groups is 1. The first-order valence-electron chi connectivity index (χ1n) is 5.88. The summed E-state index contributed by atoms with van der Waals surface area (Å²) in [6.07, 6.45) is 0.